The van der Waals surface area contributed by atoms with E-state index < -0.39 is 26.6 Å². The van der Waals surface area contributed by atoms with E-state index in [4.69, 9.17) is 0 Å². The molecule has 176 valence electrons. The van der Waals surface area contributed by atoms with Crippen LogP contribution in [0.25, 0.3) is 10.8 Å². The van der Waals surface area contributed by atoms with Crippen LogP contribution in [0.3, 0.4) is 0 Å². The molecule has 2 atom stereocenters. The van der Waals surface area contributed by atoms with Gasteiger partial charge in [0.1, 0.15) is 16.7 Å². The zero-order chi connectivity index (χ0) is 23.8. The largest absolute Gasteiger partial charge is 0.598 e. The summed E-state index contributed by atoms with van der Waals surface area (Å²) in [6.45, 7) is 1.02. The van der Waals surface area contributed by atoms with Crippen molar-refractivity contribution in [1.82, 2.24) is 8.61 Å². The van der Waals surface area contributed by atoms with Crippen LogP contribution in [0, 0.1) is 5.82 Å². The minimum absolute atomic E-state index is 0.0755. The second-order valence-electron chi connectivity index (χ2n) is 8.14. The number of fused-ring (bicyclic) bond motifs is 1. The number of hydrogen-bond donors (Lipinski definition) is 0. The molecule has 3 aromatic carbocycles. The van der Waals surface area contributed by atoms with Gasteiger partial charge >= 0.3 is 0 Å². The number of halogens is 1. The Labute approximate surface area is 195 Å². The van der Waals surface area contributed by atoms with Crippen molar-refractivity contribution in [1.29, 1.82) is 0 Å². The first-order valence-electron chi connectivity index (χ1n) is 10.5. The molecule has 1 heterocycles. The molecule has 0 amide bonds. The highest BCUT2D eigenvalue weighted by Gasteiger charge is 2.35. The second-order valence-corrected chi connectivity index (χ2v) is 12.1. The molecule has 0 aromatic heterocycles. The molecule has 7 nitrogen and oxygen atoms in total. The molecule has 1 fully saturated rings. The molecule has 0 saturated carbocycles. The van der Waals surface area contributed by atoms with Gasteiger partial charge in [0.2, 0.25) is 0 Å². The molecule has 0 bridgehead atoms. The van der Waals surface area contributed by atoms with Crippen LogP contribution < -0.4 is 4.90 Å². The summed E-state index contributed by atoms with van der Waals surface area (Å²) in [5.41, 5.74) is 0.614. The molecule has 0 N–H and O–H groups in total. The summed E-state index contributed by atoms with van der Waals surface area (Å²) in [7, 11) is -5.75. The van der Waals surface area contributed by atoms with Crippen molar-refractivity contribution >= 4 is 37.3 Å². The van der Waals surface area contributed by atoms with Crippen LogP contribution in [0.5, 0.6) is 0 Å². The highest BCUT2D eigenvalue weighted by Crippen LogP contribution is 2.31. The molecule has 1 saturated heterocycles. The topological polar surface area (TPSA) is 90.0 Å². The highest BCUT2D eigenvalue weighted by atomic mass is 32.3. The van der Waals surface area contributed by atoms with Crippen LogP contribution >= 0.6 is 0 Å². The Morgan fingerprint density at radius 3 is 2.27 bits per heavy atom. The Hall–Kier alpha value is -2.21. The molecule has 2 unspecified atom stereocenters. The molecule has 1 aliphatic heterocycles. The van der Waals surface area contributed by atoms with Crippen LogP contribution in [-0.4, -0.2) is 57.2 Å². The summed E-state index contributed by atoms with van der Waals surface area (Å²) in [5, 5.41) is 1.53. The number of nitrogens with zero attached hydrogens (tertiary/aromatic N) is 3. The fraction of sp³-hybridized carbons (Fsp3) is 0.304. The number of sulfonamides is 2. The average Bonchev–Trinajstić information content (AvgIpc) is 2.79. The van der Waals surface area contributed by atoms with Crippen molar-refractivity contribution in [3.63, 3.8) is 0 Å². The lowest BCUT2D eigenvalue weighted by atomic mass is 10.1. The molecule has 3 aromatic rings. The quantitative estimate of drug-likeness (QED) is 0.494. The first-order valence-corrected chi connectivity index (χ1v) is 13.8. The fourth-order valence-electron chi connectivity index (χ4n) is 4.02. The smallest absolute Gasteiger partial charge is 0.183 e. The average molecular weight is 492 g/mol. The minimum atomic E-state index is -3.71. The Kier molecular flexibility index (Phi) is 6.68. The summed E-state index contributed by atoms with van der Waals surface area (Å²) in [6, 6.07) is 17.5. The first kappa shape index (κ1) is 23.9. The summed E-state index contributed by atoms with van der Waals surface area (Å²) in [5.74, 6) is -0.488. The first-order chi connectivity index (χ1) is 15.6. The lowest BCUT2D eigenvalue weighted by molar-refractivity contribution is 0.338. The minimum Gasteiger partial charge on any atom is -0.598 e. The van der Waals surface area contributed by atoms with Gasteiger partial charge in [0.15, 0.2) is 21.1 Å². The maximum absolute atomic E-state index is 15.2. The summed E-state index contributed by atoms with van der Waals surface area (Å²) in [6.07, 6.45) is 1.07. The predicted molar refractivity (Wildman–Crippen MR) is 127 cm³/mol. The zero-order valence-corrected chi connectivity index (χ0v) is 20.1. The number of benzene rings is 3. The van der Waals surface area contributed by atoms with Crippen molar-refractivity contribution in [3.05, 3.63) is 72.0 Å². The van der Waals surface area contributed by atoms with E-state index in [2.05, 4.69) is 0 Å². The third-order valence-electron chi connectivity index (χ3n) is 5.96. The van der Waals surface area contributed by atoms with Crippen molar-refractivity contribution in [2.45, 2.75) is 11.4 Å². The normalized spacial score (nSPS) is 18.9. The van der Waals surface area contributed by atoms with E-state index in [1.807, 2.05) is 24.3 Å². The Bertz CT molecular complexity index is 1250. The summed E-state index contributed by atoms with van der Waals surface area (Å²) < 4.78 is 67.8. The number of piperazine rings is 1. The van der Waals surface area contributed by atoms with Crippen LogP contribution in [0.15, 0.2) is 65.6 Å². The van der Waals surface area contributed by atoms with E-state index in [0.717, 1.165) is 15.9 Å². The molecule has 0 radical (unpaired) electrons. The van der Waals surface area contributed by atoms with Gasteiger partial charge in [-0.1, -0.05) is 50.9 Å². The molecular weight excluding hydrogens is 465 g/mol. The molecule has 1 aliphatic rings. The monoisotopic (exact) mass is 491 g/mol. The zero-order valence-electron chi connectivity index (χ0n) is 18.5. The number of rotatable bonds is 6. The highest BCUT2D eigenvalue weighted by molar-refractivity contribution is 7.95. The number of anilines is 1. The molecule has 33 heavy (non-hydrogen) atoms. The van der Waals surface area contributed by atoms with Crippen molar-refractivity contribution in [2.24, 2.45) is 0 Å². The lowest BCUT2D eigenvalue weighted by Gasteiger charge is -2.37. The summed E-state index contributed by atoms with van der Waals surface area (Å²) >= 11 is 0. The second kappa shape index (κ2) is 9.21. The lowest BCUT2D eigenvalue weighted by Crippen LogP contribution is -2.51. The Morgan fingerprint density at radius 1 is 0.939 bits per heavy atom. The van der Waals surface area contributed by atoms with Gasteiger partial charge in [-0.15, -0.1) is 8.61 Å². The van der Waals surface area contributed by atoms with E-state index >= 15 is 4.39 Å². The third-order valence-corrected chi connectivity index (χ3v) is 9.18. The van der Waals surface area contributed by atoms with E-state index in [1.54, 1.807) is 41.3 Å². The van der Waals surface area contributed by atoms with Gasteiger partial charge < -0.3 is 14.0 Å². The van der Waals surface area contributed by atoms with Crippen molar-refractivity contribution in [2.75, 3.05) is 44.4 Å². The molecule has 0 spiro atoms. The fourth-order valence-corrected chi connectivity index (χ4v) is 6.03. The van der Waals surface area contributed by atoms with E-state index in [9.17, 15) is 17.5 Å². The van der Waals surface area contributed by atoms with Gasteiger partial charge in [0, 0.05) is 31.1 Å². The molecule has 0 aliphatic carbocycles. The van der Waals surface area contributed by atoms with E-state index in [-0.39, 0.29) is 30.1 Å². The maximum atomic E-state index is 15.2. The van der Waals surface area contributed by atoms with Crippen molar-refractivity contribution < 1.29 is 21.9 Å². The van der Waals surface area contributed by atoms with Gasteiger partial charge in [-0.2, -0.15) is 0 Å². The van der Waals surface area contributed by atoms with Gasteiger partial charge in [0.25, 0.3) is 0 Å². The van der Waals surface area contributed by atoms with Gasteiger partial charge in [-0.05, 0) is 23.6 Å². The van der Waals surface area contributed by atoms with E-state index in [0.29, 0.717) is 24.2 Å². The third kappa shape index (κ3) is 4.86. The van der Waals surface area contributed by atoms with Crippen LogP contribution in [-0.2, 0) is 35.8 Å². The Morgan fingerprint density at radius 2 is 1.58 bits per heavy atom. The van der Waals surface area contributed by atoms with Crippen LogP contribution in [0.1, 0.15) is 5.56 Å². The number of hydrogen-bond acceptors (Lipinski definition) is 5. The standard InChI is InChI=1S/C23H26FN3O4S2/c1-25(32(2,28)29)17-19-9-5-11-21(23(19)24)26-13-15-27(16-14-26)33(30,31)22-12-6-8-18-7-3-4-10-20(18)22/h3-12H,13-17H2,1-2H3. The van der Waals surface area contributed by atoms with E-state index in [1.165, 1.54) is 11.4 Å². The molecule has 10 heteroatoms. The predicted octanol–water partition coefficient (Wildman–Crippen LogP) is 3.31. The van der Waals surface area contributed by atoms with Crippen LogP contribution in [0.2, 0.25) is 0 Å². The van der Waals surface area contributed by atoms with Gasteiger partial charge in [0.05, 0.1) is 25.3 Å². The van der Waals surface area contributed by atoms with Crippen LogP contribution in [0.4, 0.5) is 10.1 Å². The maximum Gasteiger partial charge on any atom is 0.183 e. The molecule has 4 rings (SSSR count). The Balaban J connectivity index is 1.52. The van der Waals surface area contributed by atoms with Crippen molar-refractivity contribution in [3.8, 4) is 0 Å². The molecular formula is C23H26FN3O4S2. The SMILES string of the molecule is CN(Cc1cccc(N2CCN([S+](=O)([O-])c3cccc4ccccc34)CC2)c1F)[S+](C)(=O)[O-]. The van der Waals surface area contributed by atoms with Gasteiger partial charge in [-0.25, -0.2) is 4.39 Å². The van der Waals surface area contributed by atoms with Gasteiger partial charge in [-0.3, -0.25) is 0 Å². The summed E-state index contributed by atoms with van der Waals surface area (Å²) in [4.78, 5) is 2.07.